The van der Waals surface area contributed by atoms with Gasteiger partial charge in [0.25, 0.3) is 0 Å². The van der Waals surface area contributed by atoms with Crippen molar-refractivity contribution >= 4 is 0 Å². The lowest BCUT2D eigenvalue weighted by molar-refractivity contribution is 0.588. The molecular weight excluding hydrogens is 277 g/mol. The van der Waals surface area contributed by atoms with Gasteiger partial charge in [-0.25, -0.2) is 14.4 Å². The average molecular weight is 297 g/mol. The van der Waals surface area contributed by atoms with Crippen LogP contribution in [0.4, 0.5) is 4.39 Å². The molecule has 0 spiro atoms. The molecule has 114 valence electrons. The molecule has 0 fully saturated rings. The smallest absolute Gasteiger partial charge is 0.227 e. The first-order valence-electron chi connectivity index (χ1n) is 7.75. The molecular formula is C18H20FN3. The van der Waals surface area contributed by atoms with E-state index in [0.717, 1.165) is 30.4 Å². The topological polar surface area (TPSA) is 49.6 Å². The molecule has 0 aliphatic heterocycles. The van der Waals surface area contributed by atoms with Crippen molar-refractivity contribution in [3.8, 4) is 17.2 Å². The maximum absolute atomic E-state index is 14.2. The van der Waals surface area contributed by atoms with Crippen LogP contribution in [0.15, 0.2) is 30.6 Å². The quantitative estimate of drug-likeness (QED) is 0.698. The lowest BCUT2D eigenvalue weighted by Crippen LogP contribution is -1.94. The van der Waals surface area contributed by atoms with Crippen LogP contribution in [-0.4, -0.2) is 9.97 Å². The van der Waals surface area contributed by atoms with E-state index in [0.29, 0.717) is 5.56 Å². The van der Waals surface area contributed by atoms with Gasteiger partial charge in [-0.15, -0.1) is 0 Å². The predicted molar refractivity (Wildman–Crippen MR) is 84.6 cm³/mol. The summed E-state index contributed by atoms with van der Waals surface area (Å²) in [5.41, 5.74) is 2.21. The van der Waals surface area contributed by atoms with Gasteiger partial charge in [0.1, 0.15) is 11.9 Å². The minimum atomic E-state index is -0.183. The third-order valence-corrected chi connectivity index (χ3v) is 3.69. The van der Waals surface area contributed by atoms with Crippen LogP contribution in [-0.2, 0) is 6.42 Å². The lowest BCUT2D eigenvalue weighted by atomic mass is 10.0. The van der Waals surface area contributed by atoms with Crippen LogP contribution >= 0.6 is 0 Å². The molecule has 0 saturated heterocycles. The summed E-state index contributed by atoms with van der Waals surface area (Å²) >= 11 is 0. The van der Waals surface area contributed by atoms with Crippen molar-refractivity contribution in [1.29, 1.82) is 5.26 Å². The Kier molecular flexibility index (Phi) is 6.02. The number of unbranched alkanes of at least 4 members (excludes halogenated alkanes) is 4. The van der Waals surface area contributed by atoms with Gasteiger partial charge in [0.15, 0.2) is 0 Å². The van der Waals surface area contributed by atoms with Crippen LogP contribution < -0.4 is 0 Å². The van der Waals surface area contributed by atoms with Crippen LogP contribution in [0.3, 0.4) is 0 Å². The molecule has 22 heavy (non-hydrogen) atoms. The summed E-state index contributed by atoms with van der Waals surface area (Å²) in [7, 11) is 0. The third-order valence-electron chi connectivity index (χ3n) is 3.69. The zero-order valence-corrected chi connectivity index (χ0v) is 12.8. The number of halogens is 1. The fourth-order valence-electron chi connectivity index (χ4n) is 2.38. The SMILES string of the molecule is CCCCCCCc1ccc(-c2cnc(C#N)nc2)cc1F. The molecule has 3 nitrogen and oxygen atoms in total. The van der Waals surface area contributed by atoms with Crippen LogP contribution in [0.2, 0.25) is 0 Å². The maximum atomic E-state index is 14.2. The van der Waals surface area contributed by atoms with Crippen molar-refractivity contribution < 1.29 is 4.39 Å². The fraction of sp³-hybridized carbons (Fsp3) is 0.389. The van der Waals surface area contributed by atoms with E-state index in [1.54, 1.807) is 12.4 Å². The Bertz CT molecular complexity index is 644. The zero-order chi connectivity index (χ0) is 15.8. The highest BCUT2D eigenvalue weighted by Crippen LogP contribution is 2.22. The van der Waals surface area contributed by atoms with Gasteiger partial charge in [0, 0.05) is 18.0 Å². The van der Waals surface area contributed by atoms with E-state index in [2.05, 4.69) is 16.9 Å². The molecule has 0 saturated carbocycles. The Morgan fingerprint density at radius 1 is 1.05 bits per heavy atom. The number of benzene rings is 1. The van der Waals surface area contributed by atoms with Gasteiger partial charge >= 0.3 is 0 Å². The molecule has 0 radical (unpaired) electrons. The molecule has 1 aromatic heterocycles. The largest absolute Gasteiger partial charge is 0.232 e. The molecule has 0 atom stereocenters. The van der Waals surface area contributed by atoms with Gasteiger partial charge in [0.2, 0.25) is 5.82 Å². The molecule has 1 aromatic carbocycles. The molecule has 2 aromatic rings. The van der Waals surface area contributed by atoms with Gasteiger partial charge in [-0.3, -0.25) is 0 Å². The predicted octanol–water partition coefficient (Wildman–Crippen LogP) is 4.67. The fourth-order valence-corrected chi connectivity index (χ4v) is 2.38. The number of rotatable bonds is 7. The molecule has 0 aliphatic carbocycles. The van der Waals surface area contributed by atoms with Gasteiger partial charge < -0.3 is 0 Å². The zero-order valence-electron chi connectivity index (χ0n) is 12.8. The first kappa shape index (κ1) is 16.1. The molecule has 0 unspecified atom stereocenters. The Balaban J connectivity index is 2.01. The summed E-state index contributed by atoms with van der Waals surface area (Å²) in [6.07, 6.45) is 9.73. The summed E-state index contributed by atoms with van der Waals surface area (Å²) in [5, 5.41) is 8.68. The van der Waals surface area contributed by atoms with E-state index in [1.807, 2.05) is 18.2 Å². The van der Waals surface area contributed by atoms with E-state index < -0.39 is 0 Å². The lowest BCUT2D eigenvalue weighted by Gasteiger charge is -2.06. The van der Waals surface area contributed by atoms with Gasteiger partial charge in [-0.1, -0.05) is 44.7 Å². The van der Waals surface area contributed by atoms with Crippen LogP contribution in [0.1, 0.15) is 50.4 Å². The van der Waals surface area contributed by atoms with E-state index in [-0.39, 0.29) is 11.6 Å². The number of aromatic nitrogens is 2. The highest BCUT2D eigenvalue weighted by molar-refractivity contribution is 5.62. The monoisotopic (exact) mass is 297 g/mol. The number of aryl methyl sites for hydroxylation is 1. The van der Waals surface area contributed by atoms with E-state index in [9.17, 15) is 4.39 Å². The number of nitriles is 1. The summed E-state index contributed by atoms with van der Waals surface area (Å²) in [5.74, 6) is -0.0646. The van der Waals surface area contributed by atoms with Crippen LogP contribution in [0.25, 0.3) is 11.1 Å². The average Bonchev–Trinajstić information content (AvgIpc) is 2.56. The second kappa shape index (κ2) is 8.23. The normalized spacial score (nSPS) is 10.4. The second-order valence-electron chi connectivity index (χ2n) is 5.38. The van der Waals surface area contributed by atoms with Crippen molar-refractivity contribution in [2.24, 2.45) is 0 Å². The van der Waals surface area contributed by atoms with Gasteiger partial charge in [0.05, 0.1) is 0 Å². The number of hydrogen-bond acceptors (Lipinski definition) is 3. The van der Waals surface area contributed by atoms with Crippen molar-refractivity contribution in [3.63, 3.8) is 0 Å². The maximum Gasteiger partial charge on any atom is 0.232 e. The van der Waals surface area contributed by atoms with Crippen molar-refractivity contribution in [1.82, 2.24) is 9.97 Å². The van der Waals surface area contributed by atoms with Crippen molar-refractivity contribution in [2.45, 2.75) is 45.4 Å². The first-order valence-corrected chi connectivity index (χ1v) is 7.75. The first-order chi connectivity index (χ1) is 10.7. The molecule has 0 bridgehead atoms. The molecule has 1 heterocycles. The molecule has 0 amide bonds. The highest BCUT2D eigenvalue weighted by atomic mass is 19.1. The Labute approximate surface area is 130 Å². The summed E-state index contributed by atoms with van der Waals surface area (Å²) in [6, 6.07) is 7.11. The number of hydrogen-bond donors (Lipinski definition) is 0. The Morgan fingerprint density at radius 2 is 1.77 bits per heavy atom. The summed E-state index contributed by atoms with van der Waals surface area (Å²) in [4.78, 5) is 7.82. The molecule has 4 heteroatoms. The summed E-state index contributed by atoms with van der Waals surface area (Å²) in [6.45, 7) is 2.19. The third kappa shape index (κ3) is 4.36. The summed E-state index contributed by atoms with van der Waals surface area (Å²) < 4.78 is 14.2. The van der Waals surface area contributed by atoms with E-state index in [4.69, 9.17) is 5.26 Å². The van der Waals surface area contributed by atoms with Crippen LogP contribution in [0, 0.1) is 17.1 Å². The molecule has 0 aliphatic rings. The van der Waals surface area contributed by atoms with E-state index in [1.165, 1.54) is 25.3 Å². The highest BCUT2D eigenvalue weighted by Gasteiger charge is 2.06. The molecule has 0 N–H and O–H groups in total. The standard InChI is InChI=1S/C18H20FN3/c1-2-3-4-5-6-7-14-8-9-15(10-17(14)19)16-12-21-18(11-20)22-13-16/h8-10,12-13H,2-7H2,1H3. The van der Waals surface area contributed by atoms with Gasteiger partial charge in [-0.05, 0) is 30.0 Å². The van der Waals surface area contributed by atoms with E-state index >= 15 is 0 Å². The van der Waals surface area contributed by atoms with Gasteiger partial charge in [-0.2, -0.15) is 5.26 Å². The number of nitrogens with zero attached hydrogens (tertiary/aromatic N) is 3. The van der Waals surface area contributed by atoms with Crippen LogP contribution in [0.5, 0.6) is 0 Å². The van der Waals surface area contributed by atoms with Crippen molar-refractivity contribution in [2.75, 3.05) is 0 Å². The molecule has 2 rings (SSSR count). The Morgan fingerprint density at radius 3 is 2.41 bits per heavy atom. The minimum absolute atomic E-state index is 0.118. The Hall–Kier alpha value is -2.28. The van der Waals surface area contributed by atoms with Crippen molar-refractivity contribution in [3.05, 3.63) is 47.8 Å². The second-order valence-corrected chi connectivity index (χ2v) is 5.38. The minimum Gasteiger partial charge on any atom is -0.227 e.